The van der Waals surface area contributed by atoms with Crippen molar-refractivity contribution in [2.75, 3.05) is 19.8 Å². The highest BCUT2D eigenvalue weighted by Gasteiger charge is 2.32. The van der Waals surface area contributed by atoms with E-state index in [1.165, 1.54) is 0 Å². The first kappa shape index (κ1) is 13.5. The number of ether oxygens (including phenoxy) is 1. The van der Waals surface area contributed by atoms with Crippen molar-refractivity contribution in [3.05, 3.63) is 42.2 Å². The smallest absolute Gasteiger partial charge is 0.136 e. The first-order valence-electron chi connectivity index (χ1n) is 7.00. The number of nitrogens with zero attached hydrogens (tertiary/aromatic N) is 1. The molecule has 3 rings (SSSR count). The highest BCUT2D eigenvalue weighted by molar-refractivity contribution is 5.85. The van der Waals surface area contributed by atoms with E-state index in [2.05, 4.69) is 10.3 Å². The van der Waals surface area contributed by atoms with Crippen molar-refractivity contribution in [2.45, 2.75) is 25.1 Å². The van der Waals surface area contributed by atoms with Crippen LogP contribution in [0.3, 0.4) is 0 Å². The Hall–Kier alpha value is -1.52. The van der Waals surface area contributed by atoms with Gasteiger partial charge < -0.3 is 10.1 Å². The maximum absolute atomic E-state index is 15.2. The Morgan fingerprint density at radius 2 is 2.25 bits per heavy atom. The first-order chi connectivity index (χ1) is 9.67. The average Bonchev–Trinajstić information content (AvgIpc) is 2.47. The summed E-state index contributed by atoms with van der Waals surface area (Å²) >= 11 is 0. The van der Waals surface area contributed by atoms with Crippen molar-refractivity contribution in [2.24, 2.45) is 0 Å². The number of benzene rings is 1. The largest absolute Gasteiger partial charge is 0.379 e. The number of aromatic nitrogens is 1. The molecule has 3 nitrogen and oxygen atoms in total. The maximum atomic E-state index is 15.2. The van der Waals surface area contributed by atoms with E-state index in [1.54, 1.807) is 19.3 Å². The maximum Gasteiger partial charge on any atom is 0.136 e. The molecule has 0 radical (unpaired) electrons. The van der Waals surface area contributed by atoms with Crippen LogP contribution in [-0.2, 0) is 10.4 Å². The molecule has 2 atom stereocenters. The zero-order valence-corrected chi connectivity index (χ0v) is 11.6. The van der Waals surface area contributed by atoms with Crippen molar-refractivity contribution >= 4 is 10.8 Å². The van der Waals surface area contributed by atoms with Crippen LogP contribution in [0, 0.1) is 0 Å². The van der Waals surface area contributed by atoms with Gasteiger partial charge in [0.05, 0.1) is 13.2 Å². The summed E-state index contributed by atoms with van der Waals surface area (Å²) in [5.41, 5.74) is -0.769. The van der Waals surface area contributed by atoms with Gasteiger partial charge in [-0.3, -0.25) is 4.98 Å². The van der Waals surface area contributed by atoms with E-state index in [1.807, 2.05) is 24.3 Å². The molecule has 1 aliphatic rings. The van der Waals surface area contributed by atoms with Crippen LogP contribution in [0.2, 0.25) is 0 Å². The second-order valence-electron chi connectivity index (χ2n) is 5.54. The molecule has 1 aromatic heterocycles. The SMILES string of the molecule is CC(F)(CC1COCCN1)c1cncc2ccccc12. The third kappa shape index (κ3) is 2.67. The highest BCUT2D eigenvalue weighted by atomic mass is 19.1. The van der Waals surface area contributed by atoms with Crippen molar-refractivity contribution in [3.8, 4) is 0 Å². The first-order valence-corrected chi connectivity index (χ1v) is 7.00. The number of hydrogen-bond acceptors (Lipinski definition) is 3. The Labute approximate surface area is 118 Å². The third-order valence-electron chi connectivity index (χ3n) is 3.86. The van der Waals surface area contributed by atoms with Gasteiger partial charge in [0.25, 0.3) is 0 Å². The zero-order chi connectivity index (χ0) is 14.0. The number of fused-ring (bicyclic) bond motifs is 1. The molecule has 1 fully saturated rings. The van der Waals surface area contributed by atoms with E-state index >= 15 is 4.39 Å². The molecule has 0 bridgehead atoms. The van der Waals surface area contributed by atoms with Gasteiger partial charge in [0.2, 0.25) is 0 Å². The van der Waals surface area contributed by atoms with Gasteiger partial charge in [0, 0.05) is 42.4 Å². The molecule has 0 spiro atoms. The summed E-state index contributed by atoms with van der Waals surface area (Å²) in [6.07, 6.45) is 3.81. The molecule has 1 saturated heterocycles. The monoisotopic (exact) mass is 274 g/mol. The Bertz CT molecular complexity index is 589. The van der Waals surface area contributed by atoms with Crippen LogP contribution in [-0.4, -0.2) is 30.8 Å². The minimum absolute atomic E-state index is 0.0534. The lowest BCUT2D eigenvalue weighted by Gasteiger charge is -2.30. The number of rotatable bonds is 3. The zero-order valence-electron chi connectivity index (χ0n) is 11.6. The van der Waals surface area contributed by atoms with Crippen LogP contribution in [0.25, 0.3) is 10.8 Å². The Morgan fingerprint density at radius 3 is 3.05 bits per heavy atom. The molecular formula is C16H19FN2O. The summed E-state index contributed by atoms with van der Waals surface area (Å²) < 4.78 is 20.6. The second kappa shape index (κ2) is 5.46. The van der Waals surface area contributed by atoms with Crippen LogP contribution < -0.4 is 5.32 Å². The fourth-order valence-electron chi connectivity index (χ4n) is 2.86. The quantitative estimate of drug-likeness (QED) is 0.934. The minimum atomic E-state index is -1.42. The number of halogens is 1. The molecule has 1 N–H and O–H groups in total. The summed E-state index contributed by atoms with van der Waals surface area (Å²) in [6, 6.07) is 7.85. The molecule has 2 unspecified atom stereocenters. The minimum Gasteiger partial charge on any atom is -0.379 e. The lowest BCUT2D eigenvalue weighted by Crippen LogP contribution is -2.44. The average molecular weight is 274 g/mol. The van der Waals surface area contributed by atoms with Crippen LogP contribution in [0.15, 0.2) is 36.7 Å². The fraction of sp³-hybridized carbons (Fsp3) is 0.438. The summed E-state index contributed by atoms with van der Waals surface area (Å²) in [5.74, 6) is 0. The van der Waals surface area contributed by atoms with E-state index in [0.717, 1.165) is 17.3 Å². The summed E-state index contributed by atoms with van der Waals surface area (Å²) in [4.78, 5) is 4.18. The summed E-state index contributed by atoms with van der Waals surface area (Å²) in [7, 11) is 0. The third-order valence-corrected chi connectivity index (χ3v) is 3.86. The Kier molecular flexibility index (Phi) is 3.68. The standard InChI is InChI=1S/C16H19FN2O/c1-16(17,8-13-11-20-7-6-19-13)15-10-18-9-12-4-2-3-5-14(12)15/h2-5,9-10,13,19H,6-8,11H2,1H3. The predicted octanol–water partition coefficient (Wildman–Crippen LogP) is 2.80. The number of pyridine rings is 1. The van der Waals surface area contributed by atoms with Gasteiger partial charge in [-0.2, -0.15) is 0 Å². The van der Waals surface area contributed by atoms with E-state index in [9.17, 15) is 0 Å². The molecule has 106 valence electrons. The normalized spacial score (nSPS) is 22.6. The molecule has 4 heteroatoms. The molecule has 0 amide bonds. The topological polar surface area (TPSA) is 34.1 Å². The molecule has 2 aromatic rings. The Morgan fingerprint density at radius 1 is 1.40 bits per heavy atom. The molecule has 2 heterocycles. The van der Waals surface area contributed by atoms with Crippen LogP contribution in [0.5, 0.6) is 0 Å². The molecule has 0 saturated carbocycles. The van der Waals surface area contributed by atoms with Gasteiger partial charge in [0.1, 0.15) is 5.67 Å². The van der Waals surface area contributed by atoms with Gasteiger partial charge in [0.15, 0.2) is 0 Å². The van der Waals surface area contributed by atoms with Crippen LogP contribution >= 0.6 is 0 Å². The van der Waals surface area contributed by atoms with Crippen molar-refractivity contribution in [1.82, 2.24) is 10.3 Å². The lowest BCUT2D eigenvalue weighted by atomic mass is 9.88. The Balaban J connectivity index is 1.91. The highest BCUT2D eigenvalue weighted by Crippen LogP contribution is 2.35. The van der Waals surface area contributed by atoms with E-state index in [0.29, 0.717) is 25.2 Å². The van der Waals surface area contributed by atoms with Gasteiger partial charge in [-0.15, -0.1) is 0 Å². The van der Waals surface area contributed by atoms with Crippen molar-refractivity contribution in [1.29, 1.82) is 0 Å². The number of morpholine rings is 1. The van der Waals surface area contributed by atoms with Gasteiger partial charge in [-0.1, -0.05) is 24.3 Å². The molecule has 0 aliphatic carbocycles. The number of alkyl halides is 1. The van der Waals surface area contributed by atoms with Crippen molar-refractivity contribution < 1.29 is 9.13 Å². The van der Waals surface area contributed by atoms with Crippen LogP contribution in [0.4, 0.5) is 4.39 Å². The molecule has 20 heavy (non-hydrogen) atoms. The van der Waals surface area contributed by atoms with Crippen LogP contribution in [0.1, 0.15) is 18.9 Å². The predicted molar refractivity (Wildman–Crippen MR) is 77.4 cm³/mol. The van der Waals surface area contributed by atoms with Gasteiger partial charge in [-0.05, 0) is 12.3 Å². The molecule has 1 aromatic carbocycles. The van der Waals surface area contributed by atoms with E-state index in [4.69, 9.17) is 4.74 Å². The number of nitrogens with one attached hydrogen (secondary N) is 1. The summed E-state index contributed by atoms with van der Waals surface area (Å²) in [6.45, 7) is 3.69. The lowest BCUT2D eigenvalue weighted by molar-refractivity contribution is 0.0477. The fourth-order valence-corrected chi connectivity index (χ4v) is 2.86. The number of hydrogen-bond donors (Lipinski definition) is 1. The van der Waals surface area contributed by atoms with Gasteiger partial charge >= 0.3 is 0 Å². The van der Waals surface area contributed by atoms with Crippen molar-refractivity contribution in [3.63, 3.8) is 0 Å². The van der Waals surface area contributed by atoms with Gasteiger partial charge in [-0.25, -0.2) is 4.39 Å². The second-order valence-corrected chi connectivity index (χ2v) is 5.54. The molecular weight excluding hydrogens is 255 g/mol. The van der Waals surface area contributed by atoms with E-state index < -0.39 is 5.67 Å². The van der Waals surface area contributed by atoms with E-state index in [-0.39, 0.29) is 6.04 Å². The molecule has 1 aliphatic heterocycles. The summed E-state index contributed by atoms with van der Waals surface area (Å²) in [5, 5.41) is 5.22.